The van der Waals surface area contributed by atoms with Gasteiger partial charge in [0.15, 0.2) is 0 Å². The average Bonchev–Trinajstić information content (AvgIpc) is 2.37. The fraction of sp³-hybridized carbons (Fsp3) is 0.286. The summed E-state index contributed by atoms with van der Waals surface area (Å²) in [5.41, 5.74) is 7.32. The Balaban J connectivity index is 2.18. The van der Waals surface area contributed by atoms with Crippen molar-refractivity contribution in [2.75, 3.05) is 6.54 Å². The third-order valence-electron chi connectivity index (χ3n) is 2.70. The quantitative estimate of drug-likeness (QED) is 0.830. The maximum Gasteiger partial charge on any atom is 0.251 e. The fourth-order valence-corrected chi connectivity index (χ4v) is 1.85. The van der Waals surface area contributed by atoms with E-state index >= 15 is 0 Å². The zero-order valence-corrected chi connectivity index (χ0v) is 10.2. The van der Waals surface area contributed by atoms with Gasteiger partial charge in [-0.3, -0.25) is 4.79 Å². The zero-order valence-electron chi connectivity index (χ0n) is 10.2. The van der Waals surface area contributed by atoms with Gasteiger partial charge in [-0.2, -0.15) is 0 Å². The number of hydrogen-bond acceptors (Lipinski definition) is 3. The van der Waals surface area contributed by atoms with Crippen LogP contribution < -0.4 is 11.3 Å². The van der Waals surface area contributed by atoms with Crippen molar-refractivity contribution in [3.8, 4) is 0 Å². The maximum absolute atomic E-state index is 11.5. The smallest absolute Gasteiger partial charge is 0.251 e. The Morgan fingerprint density at radius 1 is 1.22 bits per heavy atom. The highest BCUT2D eigenvalue weighted by Crippen LogP contribution is 2.05. The second kappa shape index (κ2) is 6.12. The third kappa shape index (κ3) is 3.53. The van der Waals surface area contributed by atoms with Gasteiger partial charge in [0, 0.05) is 18.2 Å². The number of nitrogens with zero attached hydrogens (tertiary/aromatic N) is 1. The van der Waals surface area contributed by atoms with E-state index in [1.165, 1.54) is 0 Å². The molecule has 0 aliphatic carbocycles. The molecule has 94 valence electrons. The number of aryl methyl sites for hydroxylation is 1. The van der Waals surface area contributed by atoms with Crippen LogP contribution in [0.2, 0.25) is 0 Å². The summed E-state index contributed by atoms with van der Waals surface area (Å²) in [5, 5.41) is 0. The van der Waals surface area contributed by atoms with E-state index in [0.717, 1.165) is 24.1 Å². The molecule has 1 heterocycles. The zero-order chi connectivity index (χ0) is 12.8. The Labute approximate surface area is 106 Å². The van der Waals surface area contributed by atoms with E-state index in [-0.39, 0.29) is 5.56 Å². The molecule has 1 aromatic heterocycles. The molecule has 4 heteroatoms. The van der Waals surface area contributed by atoms with E-state index in [0.29, 0.717) is 18.8 Å². The number of aromatic nitrogens is 2. The normalized spacial score (nSPS) is 10.5. The molecule has 0 radical (unpaired) electrons. The molecule has 0 bridgehead atoms. The van der Waals surface area contributed by atoms with Gasteiger partial charge in [-0.05, 0) is 24.9 Å². The van der Waals surface area contributed by atoms with E-state index < -0.39 is 0 Å². The first-order chi connectivity index (χ1) is 8.78. The summed E-state index contributed by atoms with van der Waals surface area (Å²) in [4.78, 5) is 18.8. The number of nitrogens with one attached hydrogen (secondary N) is 1. The van der Waals surface area contributed by atoms with Crippen molar-refractivity contribution in [1.82, 2.24) is 9.97 Å². The molecule has 1 aromatic carbocycles. The number of rotatable bonds is 5. The number of aromatic amines is 1. The van der Waals surface area contributed by atoms with Gasteiger partial charge in [0.05, 0.1) is 0 Å². The largest absolute Gasteiger partial charge is 0.330 e. The van der Waals surface area contributed by atoms with Gasteiger partial charge in [-0.15, -0.1) is 0 Å². The number of H-pyrrole nitrogens is 1. The first kappa shape index (κ1) is 12.5. The summed E-state index contributed by atoms with van der Waals surface area (Å²) >= 11 is 0. The lowest BCUT2D eigenvalue weighted by Gasteiger charge is -2.04. The molecule has 0 atom stereocenters. The Morgan fingerprint density at radius 2 is 2.00 bits per heavy atom. The highest BCUT2D eigenvalue weighted by atomic mass is 16.1. The van der Waals surface area contributed by atoms with E-state index in [1.54, 1.807) is 6.07 Å². The Morgan fingerprint density at radius 3 is 2.72 bits per heavy atom. The summed E-state index contributed by atoms with van der Waals surface area (Å²) in [6, 6.07) is 11.5. The standard InChI is InChI=1S/C14H17N3O/c15-8-4-7-12-10-14(18)17-13(16-12)9-11-5-2-1-3-6-11/h1-3,5-6,10H,4,7-9,15H2,(H,16,17,18). The van der Waals surface area contributed by atoms with Crippen LogP contribution in [0.3, 0.4) is 0 Å². The molecule has 0 saturated heterocycles. The van der Waals surface area contributed by atoms with Crippen LogP contribution in [-0.2, 0) is 12.8 Å². The van der Waals surface area contributed by atoms with Crippen LogP contribution in [0.4, 0.5) is 0 Å². The molecule has 0 aliphatic rings. The van der Waals surface area contributed by atoms with Gasteiger partial charge in [0.1, 0.15) is 5.82 Å². The summed E-state index contributed by atoms with van der Waals surface area (Å²) < 4.78 is 0. The highest BCUT2D eigenvalue weighted by molar-refractivity contribution is 5.19. The Kier molecular flexibility index (Phi) is 4.25. The van der Waals surface area contributed by atoms with Crippen LogP contribution in [-0.4, -0.2) is 16.5 Å². The van der Waals surface area contributed by atoms with Gasteiger partial charge in [-0.1, -0.05) is 30.3 Å². The molecular formula is C14H17N3O. The van der Waals surface area contributed by atoms with Crippen molar-refractivity contribution in [1.29, 1.82) is 0 Å². The molecule has 0 amide bonds. The molecule has 0 spiro atoms. The third-order valence-corrected chi connectivity index (χ3v) is 2.70. The molecule has 0 unspecified atom stereocenters. The molecule has 2 aromatic rings. The van der Waals surface area contributed by atoms with Crippen LogP contribution in [0.5, 0.6) is 0 Å². The van der Waals surface area contributed by atoms with Crippen molar-refractivity contribution in [3.05, 3.63) is 63.8 Å². The maximum atomic E-state index is 11.5. The highest BCUT2D eigenvalue weighted by Gasteiger charge is 2.02. The van der Waals surface area contributed by atoms with Crippen molar-refractivity contribution in [3.63, 3.8) is 0 Å². The summed E-state index contributed by atoms with van der Waals surface area (Å²) in [7, 11) is 0. The minimum Gasteiger partial charge on any atom is -0.330 e. The van der Waals surface area contributed by atoms with Crippen LogP contribution in [0.25, 0.3) is 0 Å². The average molecular weight is 243 g/mol. The minimum atomic E-state index is -0.0945. The van der Waals surface area contributed by atoms with Crippen molar-refractivity contribution in [2.45, 2.75) is 19.3 Å². The lowest BCUT2D eigenvalue weighted by molar-refractivity contribution is 0.787. The predicted octanol–water partition coefficient (Wildman–Crippen LogP) is 1.25. The second-order valence-electron chi connectivity index (χ2n) is 4.24. The molecule has 0 saturated carbocycles. The molecular weight excluding hydrogens is 226 g/mol. The first-order valence-corrected chi connectivity index (χ1v) is 6.11. The van der Waals surface area contributed by atoms with Crippen LogP contribution in [0.1, 0.15) is 23.5 Å². The summed E-state index contributed by atoms with van der Waals surface area (Å²) in [6.07, 6.45) is 2.25. The van der Waals surface area contributed by atoms with E-state index in [9.17, 15) is 4.79 Å². The molecule has 2 rings (SSSR count). The molecule has 0 aliphatic heterocycles. The van der Waals surface area contributed by atoms with Gasteiger partial charge in [0.25, 0.3) is 5.56 Å². The number of nitrogens with two attached hydrogens (primary N) is 1. The fourth-order valence-electron chi connectivity index (χ4n) is 1.85. The minimum absolute atomic E-state index is 0.0945. The lowest BCUT2D eigenvalue weighted by Crippen LogP contribution is -2.14. The van der Waals surface area contributed by atoms with E-state index in [1.807, 2.05) is 30.3 Å². The van der Waals surface area contributed by atoms with Gasteiger partial charge >= 0.3 is 0 Å². The van der Waals surface area contributed by atoms with Gasteiger partial charge in [0.2, 0.25) is 0 Å². The van der Waals surface area contributed by atoms with E-state index in [4.69, 9.17) is 5.73 Å². The monoisotopic (exact) mass is 243 g/mol. The van der Waals surface area contributed by atoms with Crippen LogP contribution in [0.15, 0.2) is 41.2 Å². The summed E-state index contributed by atoms with van der Waals surface area (Å²) in [5.74, 6) is 0.709. The molecule has 3 N–H and O–H groups in total. The van der Waals surface area contributed by atoms with Crippen molar-refractivity contribution < 1.29 is 0 Å². The van der Waals surface area contributed by atoms with Crippen LogP contribution >= 0.6 is 0 Å². The topological polar surface area (TPSA) is 71.8 Å². The lowest BCUT2D eigenvalue weighted by atomic mass is 10.1. The predicted molar refractivity (Wildman–Crippen MR) is 71.5 cm³/mol. The van der Waals surface area contributed by atoms with Gasteiger partial charge < -0.3 is 10.7 Å². The molecule has 18 heavy (non-hydrogen) atoms. The van der Waals surface area contributed by atoms with E-state index in [2.05, 4.69) is 9.97 Å². The van der Waals surface area contributed by atoms with Gasteiger partial charge in [-0.25, -0.2) is 4.98 Å². The SMILES string of the molecule is NCCCc1cc(=O)[nH]c(Cc2ccccc2)n1. The number of benzene rings is 1. The number of hydrogen-bond donors (Lipinski definition) is 2. The molecule has 4 nitrogen and oxygen atoms in total. The van der Waals surface area contributed by atoms with Crippen molar-refractivity contribution in [2.24, 2.45) is 5.73 Å². The molecule has 0 fully saturated rings. The first-order valence-electron chi connectivity index (χ1n) is 6.11. The second-order valence-corrected chi connectivity index (χ2v) is 4.24. The van der Waals surface area contributed by atoms with Crippen LogP contribution in [0, 0.1) is 0 Å². The summed E-state index contributed by atoms with van der Waals surface area (Å²) in [6.45, 7) is 0.614. The van der Waals surface area contributed by atoms with Crippen molar-refractivity contribution >= 4 is 0 Å². The Hall–Kier alpha value is -1.94. The Bertz CT molecular complexity index is 548.